The Hall–Kier alpha value is -3.16. The topological polar surface area (TPSA) is 92.0 Å². The van der Waals surface area contributed by atoms with Crippen molar-refractivity contribution in [1.29, 1.82) is 0 Å². The van der Waals surface area contributed by atoms with Crippen LogP contribution in [0.3, 0.4) is 0 Å². The van der Waals surface area contributed by atoms with Crippen LogP contribution in [0.25, 0.3) is 33.9 Å². The summed E-state index contributed by atoms with van der Waals surface area (Å²) in [6.07, 6.45) is 9.25. The summed E-state index contributed by atoms with van der Waals surface area (Å²) in [5.74, 6) is 1.42. The molecule has 0 saturated carbocycles. The summed E-state index contributed by atoms with van der Waals surface area (Å²) in [6, 6.07) is 9.69. The lowest BCUT2D eigenvalue weighted by molar-refractivity contribution is 0.0662. The van der Waals surface area contributed by atoms with Crippen LogP contribution in [-0.2, 0) is 4.74 Å². The molecule has 2 N–H and O–H groups in total. The Morgan fingerprint density at radius 1 is 0.967 bits per heavy atom. The van der Waals surface area contributed by atoms with E-state index in [0.717, 1.165) is 42.7 Å². The van der Waals surface area contributed by atoms with E-state index < -0.39 is 0 Å². The number of anilines is 1. The molecule has 1 fully saturated rings. The zero-order chi connectivity index (χ0) is 20.5. The highest BCUT2D eigenvalue weighted by Crippen LogP contribution is 2.32. The van der Waals surface area contributed by atoms with Gasteiger partial charge in [-0.1, -0.05) is 11.6 Å². The Balaban J connectivity index is 1.44. The molecule has 1 aromatic carbocycles. The molecule has 1 aliphatic heterocycles. The average Bonchev–Trinajstić information content (AvgIpc) is 3.46. The zero-order valence-electron chi connectivity index (χ0n) is 16.2. The number of nitrogens with two attached hydrogens (primary N) is 1. The Labute approximate surface area is 178 Å². The van der Waals surface area contributed by atoms with Crippen molar-refractivity contribution in [3.8, 4) is 33.9 Å². The molecule has 30 heavy (non-hydrogen) atoms. The van der Waals surface area contributed by atoms with Crippen LogP contribution in [0.1, 0.15) is 18.9 Å². The quantitative estimate of drug-likeness (QED) is 0.506. The fraction of sp³-hybridized carbons (Fsp3) is 0.227. The van der Waals surface area contributed by atoms with Crippen LogP contribution in [0.15, 0.2) is 59.5 Å². The zero-order valence-corrected chi connectivity index (χ0v) is 16.9. The van der Waals surface area contributed by atoms with Crippen molar-refractivity contribution in [2.45, 2.75) is 18.9 Å². The largest absolute Gasteiger partial charge is 0.436 e. The van der Waals surface area contributed by atoms with Crippen LogP contribution >= 0.6 is 11.6 Å². The molecular formula is C22H20ClN5O2. The molecule has 5 rings (SSSR count). The van der Waals surface area contributed by atoms with Gasteiger partial charge in [0.25, 0.3) is 0 Å². The summed E-state index contributed by atoms with van der Waals surface area (Å²) in [5.41, 5.74) is 9.54. The third-order valence-corrected chi connectivity index (χ3v) is 5.54. The highest BCUT2D eigenvalue weighted by molar-refractivity contribution is 6.30. The van der Waals surface area contributed by atoms with Crippen LogP contribution in [0.4, 0.5) is 5.82 Å². The van der Waals surface area contributed by atoms with Crippen LogP contribution in [-0.4, -0.2) is 33.0 Å². The number of hydrogen-bond donors (Lipinski definition) is 1. The van der Waals surface area contributed by atoms with Crippen molar-refractivity contribution in [1.82, 2.24) is 19.7 Å². The maximum Gasteiger partial charge on any atom is 0.230 e. The number of hydrogen-bond acceptors (Lipinski definition) is 6. The minimum atomic E-state index is 0.361. The number of ether oxygens (including phenoxy) is 1. The predicted octanol–water partition coefficient (Wildman–Crippen LogP) is 4.85. The van der Waals surface area contributed by atoms with Crippen LogP contribution in [0.2, 0.25) is 5.02 Å². The van der Waals surface area contributed by atoms with Gasteiger partial charge in [0, 0.05) is 47.3 Å². The highest BCUT2D eigenvalue weighted by Gasteiger charge is 2.18. The number of pyridine rings is 1. The Morgan fingerprint density at radius 2 is 1.77 bits per heavy atom. The van der Waals surface area contributed by atoms with Gasteiger partial charge in [0.15, 0.2) is 5.76 Å². The minimum Gasteiger partial charge on any atom is -0.436 e. The predicted molar refractivity (Wildman–Crippen MR) is 115 cm³/mol. The van der Waals surface area contributed by atoms with E-state index in [2.05, 4.69) is 15.1 Å². The second-order valence-corrected chi connectivity index (χ2v) is 7.68. The van der Waals surface area contributed by atoms with Gasteiger partial charge in [-0.05, 0) is 43.2 Å². The summed E-state index contributed by atoms with van der Waals surface area (Å²) < 4.78 is 13.4. The van der Waals surface area contributed by atoms with Crippen molar-refractivity contribution in [3.63, 3.8) is 0 Å². The second-order valence-electron chi connectivity index (χ2n) is 7.25. The van der Waals surface area contributed by atoms with E-state index in [0.29, 0.717) is 34.1 Å². The van der Waals surface area contributed by atoms with Gasteiger partial charge < -0.3 is 14.9 Å². The molecule has 4 aromatic rings. The van der Waals surface area contributed by atoms with Gasteiger partial charge in [0.1, 0.15) is 5.82 Å². The fourth-order valence-electron chi connectivity index (χ4n) is 3.59. The Morgan fingerprint density at radius 3 is 2.57 bits per heavy atom. The summed E-state index contributed by atoms with van der Waals surface area (Å²) in [7, 11) is 0. The van der Waals surface area contributed by atoms with E-state index in [1.54, 1.807) is 12.4 Å². The number of nitrogen functional groups attached to an aromatic ring is 1. The van der Waals surface area contributed by atoms with E-state index in [1.165, 1.54) is 0 Å². The number of benzene rings is 1. The van der Waals surface area contributed by atoms with E-state index in [4.69, 9.17) is 26.5 Å². The molecule has 7 nitrogen and oxygen atoms in total. The molecule has 1 saturated heterocycles. The van der Waals surface area contributed by atoms with Crippen molar-refractivity contribution in [3.05, 3.63) is 60.1 Å². The molecule has 0 amide bonds. The molecule has 4 heterocycles. The smallest absolute Gasteiger partial charge is 0.230 e. The van der Waals surface area contributed by atoms with E-state index in [-0.39, 0.29) is 0 Å². The number of halogens is 1. The highest BCUT2D eigenvalue weighted by atomic mass is 35.5. The maximum absolute atomic E-state index is 6.13. The van der Waals surface area contributed by atoms with Crippen molar-refractivity contribution in [2.75, 3.05) is 18.9 Å². The molecule has 1 aliphatic rings. The number of oxazole rings is 1. The molecule has 8 heteroatoms. The molecule has 152 valence electrons. The number of aromatic nitrogens is 4. The molecule has 0 atom stereocenters. The molecule has 0 radical (unpaired) electrons. The van der Waals surface area contributed by atoms with Gasteiger partial charge in [-0.3, -0.25) is 4.68 Å². The van der Waals surface area contributed by atoms with Crippen molar-refractivity contribution >= 4 is 17.4 Å². The lowest BCUT2D eigenvalue weighted by atomic mass is 10.1. The lowest BCUT2D eigenvalue weighted by Crippen LogP contribution is -2.19. The van der Waals surface area contributed by atoms with Gasteiger partial charge in [-0.2, -0.15) is 5.10 Å². The fourth-order valence-corrected chi connectivity index (χ4v) is 3.71. The van der Waals surface area contributed by atoms with Crippen molar-refractivity contribution < 1.29 is 9.15 Å². The average molecular weight is 422 g/mol. The molecule has 3 aromatic heterocycles. The Bertz CT molecular complexity index is 1160. The van der Waals surface area contributed by atoms with Gasteiger partial charge in [0.05, 0.1) is 24.0 Å². The Kier molecular flexibility index (Phi) is 4.98. The van der Waals surface area contributed by atoms with E-state index in [1.807, 2.05) is 47.4 Å². The second kappa shape index (κ2) is 7.93. The first-order chi connectivity index (χ1) is 14.7. The summed E-state index contributed by atoms with van der Waals surface area (Å²) in [4.78, 5) is 8.76. The van der Waals surface area contributed by atoms with E-state index >= 15 is 0 Å². The van der Waals surface area contributed by atoms with Gasteiger partial charge in [-0.25, -0.2) is 9.97 Å². The van der Waals surface area contributed by atoms with Crippen LogP contribution in [0, 0.1) is 0 Å². The first kappa shape index (κ1) is 18.8. The number of nitrogens with zero attached hydrogens (tertiary/aromatic N) is 4. The monoisotopic (exact) mass is 421 g/mol. The first-order valence-electron chi connectivity index (χ1n) is 9.77. The molecule has 0 aliphatic carbocycles. The SMILES string of the molecule is Nc1ncc(-c2cnn(C3CCOCC3)c2)cc1-c1ncc(-c2ccc(Cl)cc2)o1. The van der Waals surface area contributed by atoms with Gasteiger partial charge >= 0.3 is 0 Å². The summed E-state index contributed by atoms with van der Waals surface area (Å²) >= 11 is 5.96. The molecule has 0 bridgehead atoms. The third kappa shape index (κ3) is 3.69. The summed E-state index contributed by atoms with van der Waals surface area (Å²) in [5, 5.41) is 5.21. The molecule has 0 spiro atoms. The summed E-state index contributed by atoms with van der Waals surface area (Å²) in [6.45, 7) is 1.54. The standard InChI is InChI=1S/C22H20ClN5O2/c23-17-3-1-14(2-4-17)20-12-26-22(30-20)19-9-15(10-25-21(19)24)16-11-27-28(13-16)18-5-7-29-8-6-18/h1-4,9-13,18H,5-8H2,(H2,24,25). The van der Waals surface area contributed by atoms with Crippen LogP contribution in [0.5, 0.6) is 0 Å². The first-order valence-corrected chi connectivity index (χ1v) is 10.1. The third-order valence-electron chi connectivity index (χ3n) is 5.28. The maximum atomic E-state index is 6.13. The van der Waals surface area contributed by atoms with Gasteiger partial charge in [0.2, 0.25) is 5.89 Å². The van der Waals surface area contributed by atoms with Crippen LogP contribution < -0.4 is 5.73 Å². The minimum absolute atomic E-state index is 0.361. The lowest BCUT2D eigenvalue weighted by Gasteiger charge is -2.22. The molecule has 0 unspecified atom stereocenters. The number of rotatable bonds is 4. The van der Waals surface area contributed by atoms with Crippen molar-refractivity contribution in [2.24, 2.45) is 0 Å². The van der Waals surface area contributed by atoms with E-state index in [9.17, 15) is 0 Å². The van der Waals surface area contributed by atoms with Gasteiger partial charge in [-0.15, -0.1) is 0 Å². The molecular weight excluding hydrogens is 402 g/mol. The normalized spacial score (nSPS) is 14.8.